The number of hydrogen-bond donors (Lipinski definition) is 1. The van der Waals surface area contributed by atoms with E-state index in [0.29, 0.717) is 21.7 Å². The van der Waals surface area contributed by atoms with Crippen LogP contribution in [0.4, 0.5) is 17.6 Å². The number of benzene rings is 2. The number of alkyl halides is 3. The summed E-state index contributed by atoms with van der Waals surface area (Å²) in [6.07, 6.45) is -4.93. The molecule has 0 aliphatic heterocycles. The summed E-state index contributed by atoms with van der Waals surface area (Å²) in [6, 6.07) is 8.97. The Kier molecular flexibility index (Phi) is 5.90. The van der Waals surface area contributed by atoms with Gasteiger partial charge in [0, 0.05) is 18.2 Å². The fraction of sp³-hybridized carbons (Fsp3) is 0.211. The van der Waals surface area contributed by atoms with E-state index in [1.807, 2.05) is 0 Å². The van der Waals surface area contributed by atoms with Crippen molar-refractivity contribution in [1.82, 2.24) is 20.3 Å². The average molecular weight is 424 g/mol. The van der Waals surface area contributed by atoms with E-state index in [1.165, 1.54) is 14.2 Å². The number of halogens is 4. The van der Waals surface area contributed by atoms with Crippen molar-refractivity contribution in [3.8, 4) is 17.2 Å². The predicted octanol–water partition coefficient (Wildman–Crippen LogP) is 3.37. The molecule has 0 unspecified atom stereocenters. The molecule has 0 spiro atoms. The van der Waals surface area contributed by atoms with Gasteiger partial charge in [0.2, 0.25) is 0 Å². The second-order valence-electron chi connectivity index (χ2n) is 6.03. The molecule has 0 saturated heterocycles. The normalized spacial score (nSPS) is 11.3. The third-order valence-electron chi connectivity index (χ3n) is 4.16. The van der Waals surface area contributed by atoms with E-state index in [1.54, 1.807) is 18.2 Å². The van der Waals surface area contributed by atoms with Crippen molar-refractivity contribution in [2.24, 2.45) is 0 Å². The number of rotatable bonds is 6. The van der Waals surface area contributed by atoms with Gasteiger partial charge in [-0.3, -0.25) is 4.79 Å². The van der Waals surface area contributed by atoms with E-state index in [-0.39, 0.29) is 12.2 Å². The lowest BCUT2D eigenvalue weighted by molar-refractivity contribution is -0.143. The van der Waals surface area contributed by atoms with Crippen molar-refractivity contribution in [1.29, 1.82) is 0 Å². The Labute approximate surface area is 168 Å². The molecule has 0 bridgehead atoms. The Morgan fingerprint density at radius 3 is 2.40 bits per heavy atom. The van der Waals surface area contributed by atoms with Gasteiger partial charge < -0.3 is 14.8 Å². The molecule has 0 aliphatic carbocycles. The molecular weight excluding hydrogens is 408 g/mol. The van der Waals surface area contributed by atoms with E-state index >= 15 is 0 Å². The second kappa shape index (κ2) is 8.39. The zero-order chi connectivity index (χ0) is 21.9. The number of carbonyl (C=O) groups excluding carboxylic acids is 1. The minimum Gasteiger partial charge on any atom is -0.497 e. The molecule has 3 rings (SSSR count). The Bertz CT molecular complexity index is 1050. The summed E-state index contributed by atoms with van der Waals surface area (Å²) < 4.78 is 64.7. The van der Waals surface area contributed by atoms with Crippen LogP contribution in [0.3, 0.4) is 0 Å². The zero-order valence-electron chi connectivity index (χ0n) is 15.8. The van der Waals surface area contributed by atoms with Gasteiger partial charge in [-0.05, 0) is 36.4 Å². The minimum absolute atomic E-state index is 0.0906. The summed E-state index contributed by atoms with van der Waals surface area (Å²) in [6.45, 7) is -0.118. The molecule has 158 valence electrons. The summed E-state index contributed by atoms with van der Waals surface area (Å²) in [7, 11) is 2.88. The summed E-state index contributed by atoms with van der Waals surface area (Å²) in [5.41, 5.74) is -1.84. The van der Waals surface area contributed by atoms with Gasteiger partial charge in [-0.25, -0.2) is 9.07 Å². The van der Waals surface area contributed by atoms with Gasteiger partial charge >= 0.3 is 6.18 Å². The van der Waals surface area contributed by atoms with Crippen LogP contribution in [-0.2, 0) is 12.7 Å². The van der Waals surface area contributed by atoms with Crippen LogP contribution in [0.1, 0.15) is 21.7 Å². The molecule has 1 amide bonds. The van der Waals surface area contributed by atoms with Gasteiger partial charge in [-0.2, -0.15) is 13.2 Å². The van der Waals surface area contributed by atoms with E-state index in [2.05, 4.69) is 15.6 Å². The highest BCUT2D eigenvalue weighted by atomic mass is 19.4. The Balaban J connectivity index is 1.89. The SMILES string of the molecule is COc1ccc(CNC(=O)c2nnn(-c3ccc(F)cc3)c2C(F)(F)F)c(OC)c1. The number of carbonyl (C=O) groups is 1. The molecule has 1 heterocycles. The van der Waals surface area contributed by atoms with Gasteiger partial charge in [0.05, 0.1) is 19.9 Å². The summed E-state index contributed by atoms with van der Waals surface area (Å²) in [5.74, 6) is -0.795. The topological polar surface area (TPSA) is 78.3 Å². The maximum atomic E-state index is 13.6. The molecule has 1 N–H and O–H groups in total. The molecule has 0 radical (unpaired) electrons. The first-order chi connectivity index (χ1) is 14.2. The van der Waals surface area contributed by atoms with E-state index in [4.69, 9.17) is 9.47 Å². The summed E-state index contributed by atoms with van der Waals surface area (Å²) in [4.78, 5) is 12.5. The Morgan fingerprint density at radius 1 is 1.10 bits per heavy atom. The maximum Gasteiger partial charge on any atom is 0.435 e. The molecule has 3 aromatic rings. The molecule has 2 aromatic carbocycles. The number of aromatic nitrogens is 3. The van der Waals surface area contributed by atoms with Gasteiger partial charge in [0.15, 0.2) is 11.4 Å². The smallest absolute Gasteiger partial charge is 0.435 e. The highest BCUT2D eigenvalue weighted by molar-refractivity contribution is 5.93. The lowest BCUT2D eigenvalue weighted by atomic mass is 10.2. The first-order valence-corrected chi connectivity index (χ1v) is 8.52. The molecule has 1 aromatic heterocycles. The maximum absolute atomic E-state index is 13.6. The van der Waals surface area contributed by atoms with Crippen LogP contribution in [0.5, 0.6) is 11.5 Å². The fourth-order valence-corrected chi connectivity index (χ4v) is 2.71. The molecule has 7 nitrogen and oxygen atoms in total. The highest BCUT2D eigenvalue weighted by Crippen LogP contribution is 2.33. The number of ether oxygens (including phenoxy) is 2. The van der Waals surface area contributed by atoms with Gasteiger partial charge in [0.1, 0.15) is 17.3 Å². The van der Waals surface area contributed by atoms with Crippen LogP contribution >= 0.6 is 0 Å². The minimum atomic E-state index is -4.93. The third kappa shape index (κ3) is 4.34. The van der Waals surface area contributed by atoms with Crippen molar-refractivity contribution in [3.05, 3.63) is 65.2 Å². The molecule has 30 heavy (non-hydrogen) atoms. The van der Waals surface area contributed by atoms with Gasteiger partial charge in [-0.15, -0.1) is 5.10 Å². The van der Waals surface area contributed by atoms with Crippen molar-refractivity contribution in [3.63, 3.8) is 0 Å². The molecule has 0 saturated carbocycles. The van der Waals surface area contributed by atoms with Crippen LogP contribution in [0.2, 0.25) is 0 Å². The van der Waals surface area contributed by atoms with E-state index < -0.39 is 29.3 Å². The Hall–Kier alpha value is -3.63. The third-order valence-corrected chi connectivity index (χ3v) is 4.16. The fourth-order valence-electron chi connectivity index (χ4n) is 2.71. The van der Waals surface area contributed by atoms with Crippen LogP contribution in [0.15, 0.2) is 42.5 Å². The number of nitrogens with zero attached hydrogens (tertiary/aromatic N) is 3. The number of methoxy groups -OCH3 is 2. The first-order valence-electron chi connectivity index (χ1n) is 8.52. The quantitative estimate of drug-likeness (QED) is 0.614. The van der Waals surface area contributed by atoms with E-state index in [9.17, 15) is 22.4 Å². The van der Waals surface area contributed by atoms with Gasteiger partial charge in [-0.1, -0.05) is 5.21 Å². The second-order valence-corrected chi connectivity index (χ2v) is 6.03. The van der Waals surface area contributed by atoms with Gasteiger partial charge in [0.25, 0.3) is 5.91 Å². The molecule has 11 heteroatoms. The van der Waals surface area contributed by atoms with Crippen molar-refractivity contribution >= 4 is 5.91 Å². The van der Waals surface area contributed by atoms with Crippen LogP contribution < -0.4 is 14.8 Å². The molecule has 0 atom stereocenters. The molecule has 0 aliphatic rings. The summed E-state index contributed by atoms with van der Waals surface area (Å²) >= 11 is 0. The van der Waals surface area contributed by atoms with Crippen LogP contribution in [-0.4, -0.2) is 35.1 Å². The standard InChI is InChI=1S/C19H16F4N4O3/c1-29-14-8-3-11(15(9-14)30-2)10-24-18(28)16-17(19(21,22)23)27(26-25-16)13-6-4-12(20)5-7-13/h3-9H,10H2,1-2H3,(H,24,28). The van der Waals surface area contributed by atoms with Crippen molar-refractivity contribution in [2.45, 2.75) is 12.7 Å². The van der Waals surface area contributed by atoms with Crippen molar-refractivity contribution < 1.29 is 31.8 Å². The monoisotopic (exact) mass is 424 g/mol. The lowest BCUT2D eigenvalue weighted by Gasteiger charge is -2.13. The largest absolute Gasteiger partial charge is 0.497 e. The summed E-state index contributed by atoms with van der Waals surface area (Å²) in [5, 5.41) is 9.21. The Morgan fingerprint density at radius 2 is 1.80 bits per heavy atom. The highest BCUT2D eigenvalue weighted by Gasteiger charge is 2.42. The molecule has 0 fully saturated rings. The van der Waals surface area contributed by atoms with Crippen LogP contribution in [0.25, 0.3) is 5.69 Å². The number of hydrogen-bond acceptors (Lipinski definition) is 5. The first kappa shape index (κ1) is 21.1. The van der Waals surface area contributed by atoms with Crippen LogP contribution in [0, 0.1) is 5.82 Å². The van der Waals surface area contributed by atoms with E-state index in [0.717, 1.165) is 24.3 Å². The van der Waals surface area contributed by atoms with Crippen molar-refractivity contribution in [2.75, 3.05) is 14.2 Å². The lowest BCUT2D eigenvalue weighted by Crippen LogP contribution is -2.27. The zero-order valence-corrected chi connectivity index (χ0v) is 15.8. The average Bonchev–Trinajstić information content (AvgIpc) is 3.18. The number of nitrogens with one attached hydrogen (secondary N) is 1. The predicted molar refractivity (Wildman–Crippen MR) is 97.0 cm³/mol. The number of amides is 1. The molecular formula is C19H16F4N4O3.